The summed E-state index contributed by atoms with van der Waals surface area (Å²) >= 11 is 0. The minimum atomic E-state index is -1.07. The molecule has 0 saturated heterocycles. The molecular formula is C18H22N8O2. The Balaban J connectivity index is 1.92. The van der Waals surface area contributed by atoms with E-state index in [0.29, 0.717) is 11.4 Å². The predicted octanol–water partition coefficient (Wildman–Crippen LogP) is 1.38. The minimum Gasteiger partial charge on any atom is -0.478 e. The van der Waals surface area contributed by atoms with E-state index in [1.807, 2.05) is 13.0 Å². The van der Waals surface area contributed by atoms with Gasteiger partial charge in [0, 0.05) is 0 Å². The van der Waals surface area contributed by atoms with Gasteiger partial charge in [-0.05, 0) is 50.3 Å². The van der Waals surface area contributed by atoms with E-state index >= 15 is 0 Å². The van der Waals surface area contributed by atoms with E-state index in [9.17, 15) is 9.90 Å². The summed E-state index contributed by atoms with van der Waals surface area (Å²) in [6.45, 7) is 1.84. The van der Waals surface area contributed by atoms with Gasteiger partial charge in [-0.15, -0.1) is 0 Å². The third kappa shape index (κ3) is 2.86. The number of hydrogen-bond acceptors (Lipinski definition) is 8. The van der Waals surface area contributed by atoms with E-state index in [1.165, 1.54) is 17.3 Å². The first kappa shape index (κ1) is 18.0. The summed E-state index contributed by atoms with van der Waals surface area (Å²) < 4.78 is 1.52. The summed E-state index contributed by atoms with van der Waals surface area (Å²) in [4.78, 5) is 26.6. The number of aliphatic imine (C=N–C) groups is 2. The standard InChI is InChI=1S/C18H22N8O2/c1-11-7-12(25-10-21-9-22-25)8-13(15(27)28)14(11)26-17(20)23-16(19)24-18(26)5-3-2-4-6-18/h7-10H,2-6H2,1H3,(H,27,28)(H4,19,20,23,24). The summed E-state index contributed by atoms with van der Waals surface area (Å²) in [5.41, 5.74) is 13.4. The minimum absolute atomic E-state index is 0.101. The maximum atomic E-state index is 12.2. The molecule has 1 aliphatic carbocycles. The molecule has 1 saturated carbocycles. The monoisotopic (exact) mass is 382 g/mol. The van der Waals surface area contributed by atoms with Crippen LogP contribution in [0.4, 0.5) is 5.69 Å². The highest BCUT2D eigenvalue weighted by atomic mass is 16.4. The van der Waals surface area contributed by atoms with Gasteiger partial charge in [-0.25, -0.2) is 19.5 Å². The second kappa shape index (κ2) is 6.63. The molecule has 0 amide bonds. The highest BCUT2D eigenvalue weighted by Gasteiger charge is 2.44. The van der Waals surface area contributed by atoms with Gasteiger partial charge in [0.25, 0.3) is 0 Å². The van der Waals surface area contributed by atoms with Gasteiger partial charge >= 0.3 is 5.97 Å². The lowest BCUT2D eigenvalue weighted by atomic mass is 9.86. The van der Waals surface area contributed by atoms with Crippen LogP contribution in [-0.2, 0) is 0 Å². The number of nitrogens with two attached hydrogens (primary N) is 2. The fourth-order valence-electron chi connectivity index (χ4n) is 4.14. The first-order valence-electron chi connectivity index (χ1n) is 9.14. The van der Waals surface area contributed by atoms with E-state index < -0.39 is 11.6 Å². The molecule has 2 aromatic rings. The lowest BCUT2D eigenvalue weighted by Crippen LogP contribution is -2.58. The average Bonchev–Trinajstić information content (AvgIpc) is 3.17. The number of carboxylic acids is 1. The Kier molecular flexibility index (Phi) is 4.25. The SMILES string of the molecule is Cc1cc(-n2cncn2)cc(C(=O)O)c1N1C(N)=NC(N)=NC12CCCCC2. The quantitative estimate of drug-likeness (QED) is 0.726. The average molecular weight is 382 g/mol. The second-order valence-electron chi connectivity index (χ2n) is 7.12. The number of carbonyl (C=O) groups is 1. The second-order valence-corrected chi connectivity index (χ2v) is 7.12. The van der Waals surface area contributed by atoms with Crippen molar-refractivity contribution >= 4 is 23.6 Å². The van der Waals surface area contributed by atoms with Crippen LogP contribution in [-0.4, -0.2) is 43.4 Å². The summed E-state index contributed by atoms with van der Waals surface area (Å²) in [7, 11) is 0. The maximum Gasteiger partial charge on any atom is 0.337 e. The molecule has 4 rings (SSSR count). The summed E-state index contributed by atoms with van der Waals surface area (Å²) in [6, 6.07) is 3.41. The number of rotatable bonds is 3. The lowest BCUT2D eigenvalue weighted by molar-refractivity contribution is 0.0697. The number of nitrogens with zero attached hydrogens (tertiary/aromatic N) is 6. The Bertz CT molecular complexity index is 974. The molecule has 0 bridgehead atoms. The first-order chi connectivity index (χ1) is 13.4. The summed E-state index contributed by atoms with van der Waals surface area (Å²) in [6.07, 6.45) is 7.38. The number of guanidine groups is 2. The number of carboxylic acid groups (broad SMARTS) is 1. The molecule has 2 heterocycles. The zero-order valence-electron chi connectivity index (χ0n) is 15.5. The topological polar surface area (TPSA) is 148 Å². The molecule has 5 N–H and O–H groups in total. The first-order valence-corrected chi connectivity index (χ1v) is 9.14. The van der Waals surface area contributed by atoms with Crippen LogP contribution in [0.15, 0.2) is 34.8 Å². The van der Waals surface area contributed by atoms with Crippen molar-refractivity contribution in [2.24, 2.45) is 21.5 Å². The van der Waals surface area contributed by atoms with Gasteiger partial charge in [-0.2, -0.15) is 10.1 Å². The number of hydrogen-bond donors (Lipinski definition) is 3. The third-order valence-electron chi connectivity index (χ3n) is 5.27. The Morgan fingerprint density at radius 3 is 2.61 bits per heavy atom. The van der Waals surface area contributed by atoms with Crippen LogP contribution in [0.5, 0.6) is 0 Å². The zero-order valence-corrected chi connectivity index (χ0v) is 15.5. The van der Waals surface area contributed by atoms with Crippen LogP contribution in [0.1, 0.15) is 48.0 Å². The van der Waals surface area contributed by atoms with Crippen molar-refractivity contribution in [1.29, 1.82) is 0 Å². The van der Waals surface area contributed by atoms with Crippen molar-refractivity contribution in [3.05, 3.63) is 35.9 Å². The third-order valence-corrected chi connectivity index (χ3v) is 5.27. The highest BCUT2D eigenvalue weighted by molar-refractivity contribution is 6.09. The molecule has 0 unspecified atom stereocenters. The smallest absolute Gasteiger partial charge is 0.337 e. The van der Waals surface area contributed by atoms with Crippen molar-refractivity contribution in [1.82, 2.24) is 14.8 Å². The highest BCUT2D eigenvalue weighted by Crippen LogP contribution is 2.42. The van der Waals surface area contributed by atoms with E-state index in [2.05, 4.69) is 20.1 Å². The fraction of sp³-hybridized carbons (Fsp3) is 0.389. The number of aromatic carboxylic acids is 1. The van der Waals surface area contributed by atoms with Crippen LogP contribution in [0, 0.1) is 6.92 Å². The van der Waals surface area contributed by atoms with Gasteiger partial charge in [0.2, 0.25) is 11.9 Å². The van der Waals surface area contributed by atoms with Crippen LogP contribution in [0.25, 0.3) is 5.69 Å². The molecule has 0 radical (unpaired) electrons. The Hall–Kier alpha value is -3.43. The van der Waals surface area contributed by atoms with Crippen LogP contribution in [0.3, 0.4) is 0 Å². The van der Waals surface area contributed by atoms with Crippen molar-refractivity contribution in [2.45, 2.75) is 44.7 Å². The van der Waals surface area contributed by atoms with Gasteiger partial charge < -0.3 is 16.6 Å². The van der Waals surface area contributed by atoms with Gasteiger partial charge in [-0.3, -0.25) is 4.90 Å². The molecule has 1 aliphatic heterocycles. The van der Waals surface area contributed by atoms with Crippen LogP contribution >= 0.6 is 0 Å². The molecule has 1 fully saturated rings. The van der Waals surface area contributed by atoms with E-state index in [4.69, 9.17) is 11.5 Å². The largest absolute Gasteiger partial charge is 0.478 e. The molecule has 10 nitrogen and oxygen atoms in total. The molecule has 0 atom stereocenters. The molecule has 10 heteroatoms. The van der Waals surface area contributed by atoms with Crippen LogP contribution in [0.2, 0.25) is 0 Å². The summed E-state index contributed by atoms with van der Waals surface area (Å²) in [5.74, 6) is -0.778. The molecule has 146 valence electrons. The van der Waals surface area contributed by atoms with Gasteiger partial charge in [0.1, 0.15) is 18.3 Å². The number of aromatic nitrogens is 3. The molecular weight excluding hydrogens is 360 g/mol. The Morgan fingerprint density at radius 1 is 1.21 bits per heavy atom. The van der Waals surface area contributed by atoms with Crippen molar-refractivity contribution in [3.63, 3.8) is 0 Å². The normalized spacial score (nSPS) is 18.7. The molecule has 28 heavy (non-hydrogen) atoms. The number of aryl methyl sites for hydroxylation is 1. The van der Waals surface area contributed by atoms with Gasteiger partial charge in [-0.1, -0.05) is 6.42 Å². The number of anilines is 1. The van der Waals surface area contributed by atoms with Crippen molar-refractivity contribution in [3.8, 4) is 5.69 Å². The van der Waals surface area contributed by atoms with Crippen molar-refractivity contribution < 1.29 is 9.90 Å². The van der Waals surface area contributed by atoms with Crippen LogP contribution < -0.4 is 16.4 Å². The number of benzene rings is 1. The van der Waals surface area contributed by atoms with Crippen molar-refractivity contribution in [2.75, 3.05) is 4.90 Å². The van der Waals surface area contributed by atoms with Gasteiger partial charge in [0.05, 0.1) is 16.9 Å². The molecule has 1 aromatic heterocycles. The van der Waals surface area contributed by atoms with Gasteiger partial charge in [0.15, 0.2) is 0 Å². The predicted molar refractivity (Wildman–Crippen MR) is 105 cm³/mol. The Morgan fingerprint density at radius 2 is 1.96 bits per heavy atom. The maximum absolute atomic E-state index is 12.2. The fourth-order valence-corrected chi connectivity index (χ4v) is 4.14. The van der Waals surface area contributed by atoms with E-state index in [1.54, 1.807) is 11.0 Å². The summed E-state index contributed by atoms with van der Waals surface area (Å²) in [5, 5.41) is 14.0. The Labute approximate surface area is 161 Å². The molecule has 1 aromatic carbocycles. The lowest BCUT2D eigenvalue weighted by Gasteiger charge is -2.46. The van der Waals surface area contributed by atoms with E-state index in [0.717, 1.165) is 37.7 Å². The zero-order chi connectivity index (χ0) is 19.9. The van der Waals surface area contributed by atoms with E-state index in [-0.39, 0.29) is 17.5 Å². The molecule has 1 spiro atoms. The molecule has 2 aliphatic rings.